The molecule has 2 aromatic rings. The lowest BCUT2D eigenvalue weighted by molar-refractivity contribution is 0.0697. The van der Waals surface area contributed by atoms with E-state index in [-0.39, 0.29) is 5.48 Å². The third-order valence-electron chi connectivity index (χ3n) is 3.38. The third kappa shape index (κ3) is 1.84. The number of nitrogens with zero attached hydrogens (tertiary/aromatic N) is 1. The molecule has 0 amide bonds. The van der Waals surface area contributed by atoms with Crippen molar-refractivity contribution >= 4 is 16.9 Å². The van der Waals surface area contributed by atoms with E-state index < -0.39 is 5.97 Å². The summed E-state index contributed by atoms with van der Waals surface area (Å²) in [5.74, 6) is -0.832. The van der Waals surface area contributed by atoms with Crippen molar-refractivity contribution in [2.75, 3.05) is 0 Å². The molecule has 0 atom stereocenters. The Hall–Kier alpha value is -1.94. The van der Waals surface area contributed by atoms with Gasteiger partial charge in [0.15, 0.2) is 0 Å². The van der Waals surface area contributed by atoms with Crippen LogP contribution in [0.4, 0.5) is 0 Å². The first-order valence-electron chi connectivity index (χ1n) is 5.91. The monoisotopic (exact) mass is 245 g/mol. The number of hydrogen-bond donors (Lipinski definition) is 1. The zero-order valence-corrected chi connectivity index (χ0v) is 9.94. The van der Waals surface area contributed by atoms with Gasteiger partial charge in [-0.05, 0) is 37.3 Å². The number of carboxylic acid groups (broad SMARTS) is 1. The number of aromatic nitrogens is 1. The summed E-state index contributed by atoms with van der Waals surface area (Å²) in [5.41, 5.74) is 3.19. The Labute approximate surface area is 105 Å². The Balaban J connectivity index is 0.00000120. The fourth-order valence-corrected chi connectivity index (χ4v) is 2.62. The van der Waals surface area contributed by atoms with Crippen molar-refractivity contribution in [1.29, 1.82) is 0 Å². The zero-order valence-electron chi connectivity index (χ0n) is 9.94. The average Bonchev–Trinajstić information content (AvgIpc) is 2.35. The van der Waals surface area contributed by atoms with E-state index in [1.807, 2.05) is 24.3 Å². The summed E-state index contributed by atoms with van der Waals surface area (Å²) in [5, 5.41) is 10.2. The number of carbonyl (C=O) groups is 1. The zero-order chi connectivity index (χ0) is 11.8. The van der Waals surface area contributed by atoms with Crippen LogP contribution < -0.4 is 0 Å². The van der Waals surface area contributed by atoms with Crippen LogP contribution in [0.5, 0.6) is 0 Å². The lowest BCUT2D eigenvalue weighted by atomic mass is 9.90. The molecule has 0 fully saturated rings. The van der Waals surface area contributed by atoms with Crippen LogP contribution in [0.15, 0.2) is 24.3 Å². The van der Waals surface area contributed by atoms with Gasteiger partial charge in [0.25, 0.3) is 0 Å². The van der Waals surface area contributed by atoms with E-state index >= 15 is 0 Å². The molecule has 0 spiro atoms. The summed E-state index contributed by atoms with van der Waals surface area (Å²) < 4.78 is 0. The number of para-hydroxylation sites is 1. The van der Waals surface area contributed by atoms with Crippen LogP contribution in [0.2, 0.25) is 0 Å². The van der Waals surface area contributed by atoms with Gasteiger partial charge in [-0.3, -0.25) is 4.98 Å². The second-order valence-corrected chi connectivity index (χ2v) is 4.44. The van der Waals surface area contributed by atoms with Crippen molar-refractivity contribution < 1.29 is 15.4 Å². The molecule has 3 N–H and O–H groups in total. The molecule has 0 unspecified atom stereocenters. The lowest BCUT2D eigenvalue weighted by Gasteiger charge is -2.18. The van der Waals surface area contributed by atoms with Crippen molar-refractivity contribution in [3.05, 3.63) is 41.1 Å². The van der Waals surface area contributed by atoms with E-state index in [1.54, 1.807) is 0 Å². The Kier molecular flexibility index (Phi) is 3.30. The van der Waals surface area contributed by atoms with Crippen LogP contribution in [-0.4, -0.2) is 21.5 Å². The molecule has 1 aliphatic rings. The Bertz CT molecular complexity index is 607. The molecule has 3 rings (SSSR count). The minimum absolute atomic E-state index is 0. The molecule has 1 aromatic carbocycles. The summed E-state index contributed by atoms with van der Waals surface area (Å²) in [4.78, 5) is 16.1. The molecule has 0 aliphatic heterocycles. The first kappa shape index (κ1) is 12.5. The number of hydrogen-bond acceptors (Lipinski definition) is 2. The van der Waals surface area contributed by atoms with E-state index in [2.05, 4.69) is 4.98 Å². The smallest absolute Gasteiger partial charge is 0.336 e. The minimum Gasteiger partial charge on any atom is -0.478 e. The molecule has 4 nitrogen and oxygen atoms in total. The molecule has 94 valence electrons. The van der Waals surface area contributed by atoms with Crippen molar-refractivity contribution in [2.45, 2.75) is 25.7 Å². The van der Waals surface area contributed by atoms with E-state index in [0.717, 1.165) is 47.8 Å². The summed E-state index contributed by atoms with van der Waals surface area (Å²) in [6.07, 6.45) is 3.92. The van der Waals surface area contributed by atoms with Gasteiger partial charge in [-0.15, -0.1) is 0 Å². The number of carboxylic acids is 1. The van der Waals surface area contributed by atoms with E-state index in [4.69, 9.17) is 0 Å². The fourth-order valence-electron chi connectivity index (χ4n) is 2.62. The number of rotatable bonds is 1. The molecule has 18 heavy (non-hydrogen) atoms. The van der Waals surface area contributed by atoms with Gasteiger partial charge in [0, 0.05) is 11.1 Å². The Morgan fingerprint density at radius 3 is 2.67 bits per heavy atom. The summed E-state index contributed by atoms with van der Waals surface area (Å²) in [7, 11) is 0. The maximum absolute atomic E-state index is 11.5. The highest BCUT2D eigenvalue weighted by atomic mass is 16.4. The highest BCUT2D eigenvalue weighted by molar-refractivity contribution is 6.04. The molecular weight excluding hydrogens is 230 g/mol. The van der Waals surface area contributed by atoms with E-state index in [1.165, 1.54) is 0 Å². The highest BCUT2D eigenvalue weighted by Gasteiger charge is 2.21. The second-order valence-electron chi connectivity index (χ2n) is 4.44. The second kappa shape index (κ2) is 4.74. The van der Waals surface area contributed by atoms with Crippen molar-refractivity contribution in [3.63, 3.8) is 0 Å². The molecule has 0 bridgehead atoms. The Morgan fingerprint density at radius 1 is 1.17 bits per heavy atom. The maximum atomic E-state index is 11.5. The molecule has 0 saturated carbocycles. The van der Waals surface area contributed by atoms with Gasteiger partial charge >= 0.3 is 5.97 Å². The number of aryl methyl sites for hydroxylation is 1. The fraction of sp³-hybridized carbons (Fsp3) is 0.286. The first-order valence-corrected chi connectivity index (χ1v) is 5.91. The van der Waals surface area contributed by atoms with Crippen LogP contribution in [0.3, 0.4) is 0 Å². The predicted octanol–water partition coefficient (Wildman–Crippen LogP) is 1.99. The molecular formula is C14H15NO3. The normalized spacial score (nSPS) is 13.8. The standard InChI is InChI=1S/C14H13NO2.H2O/c16-14(17)13-9-5-1-3-7-11(9)15-12-8-4-2-6-10(12)13;/h1,3,5,7H,2,4,6,8H2,(H,16,17);1H2. The van der Waals surface area contributed by atoms with Gasteiger partial charge in [0.1, 0.15) is 0 Å². The van der Waals surface area contributed by atoms with Crippen molar-refractivity contribution in [3.8, 4) is 0 Å². The molecule has 1 heterocycles. The summed E-state index contributed by atoms with van der Waals surface area (Å²) in [6, 6.07) is 7.50. The number of aromatic carboxylic acids is 1. The first-order chi connectivity index (χ1) is 8.27. The maximum Gasteiger partial charge on any atom is 0.336 e. The van der Waals surface area contributed by atoms with Crippen LogP contribution in [0.1, 0.15) is 34.5 Å². The largest absolute Gasteiger partial charge is 0.478 e. The molecule has 0 radical (unpaired) electrons. The van der Waals surface area contributed by atoms with E-state index in [9.17, 15) is 9.90 Å². The number of pyridine rings is 1. The average molecular weight is 245 g/mol. The topological polar surface area (TPSA) is 81.7 Å². The minimum atomic E-state index is -0.832. The molecule has 1 aromatic heterocycles. The molecule has 0 saturated heterocycles. The molecule has 1 aliphatic carbocycles. The van der Waals surface area contributed by atoms with Crippen molar-refractivity contribution in [1.82, 2.24) is 4.98 Å². The third-order valence-corrected chi connectivity index (χ3v) is 3.38. The van der Waals surface area contributed by atoms with Gasteiger partial charge in [0.05, 0.1) is 11.1 Å². The summed E-state index contributed by atoms with van der Waals surface area (Å²) >= 11 is 0. The van der Waals surface area contributed by atoms with Gasteiger partial charge in [-0.2, -0.15) is 0 Å². The number of fused-ring (bicyclic) bond motifs is 2. The van der Waals surface area contributed by atoms with Crippen LogP contribution in [0.25, 0.3) is 10.9 Å². The number of benzene rings is 1. The van der Waals surface area contributed by atoms with Crippen LogP contribution >= 0.6 is 0 Å². The van der Waals surface area contributed by atoms with Crippen LogP contribution in [-0.2, 0) is 12.8 Å². The van der Waals surface area contributed by atoms with Crippen LogP contribution in [0, 0.1) is 0 Å². The predicted molar refractivity (Wildman–Crippen MR) is 69.0 cm³/mol. The quantitative estimate of drug-likeness (QED) is 0.834. The van der Waals surface area contributed by atoms with E-state index in [0.29, 0.717) is 5.56 Å². The van der Waals surface area contributed by atoms with Gasteiger partial charge in [0.2, 0.25) is 0 Å². The van der Waals surface area contributed by atoms with Gasteiger partial charge < -0.3 is 10.6 Å². The SMILES string of the molecule is O.O=C(O)c1c2c(nc3ccccc13)CCCC2. The Morgan fingerprint density at radius 2 is 1.89 bits per heavy atom. The van der Waals surface area contributed by atoms with Crippen molar-refractivity contribution in [2.24, 2.45) is 0 Å². The lowest BCUT2D eigenvalue weighted by Crippen LogP contribution is -2.13. The van der Waals surface area contributed by atoms with Gasteiger partial charge in [-0.1, -0.05) is 18.2 Å². The highest BCUT2D eigenvalue weighted by Crippen LogP contribution is 2.28. The molecule has 4 heteroatoms. The van der Waals surface area contributed by atoms with Gasteiger partial charge in [-0.25, -0.2) is 4.79 Å². The summed E-state index contributed by atoms with van der Waals surface area (Å²) in [6.45, 7) is 0.